The molecule has 0 aliphatic rings. The van der Waals surface area contributed by atoms with Gasteiger partial charge in [-0.3, -0.25) is 0 Å². The number of nitrogens with two attached hydrogens (primary N) is 1. The summed E-state index contributed by atoms with van der Waals surface area (Å²) in [5, 5.41) is 20.0. The van der Waals surface area contributed by atoms with Crippen LogP contribution in [0.25, 0.3) is 10.8 Å². The van der Waals surface area contributed by atoms with Gasteiger partial charge in [0.1, 0.15) is 11.4 Å². The average molecular weight is 518 g/mol. The highest BCUT2D eigenvalue weighted by atomic mass is 32.2. The van der Waals surface area contributed by atoms with Gasteiger partial charge in [-0.25, -0.2) is 0 Å². The van der Waals surface area contributed by atoms with E-state index < -0.39 is 31.8 Å². The van der Waals surface area contributed by atoms with E-state index in [0.29, 0.717) is 16.8 Å². The van der Waals surface area contributed by atoms with Crippen LogP contribution in [0.4, 0.5) is 17.1 Å². The second kappa shape index (κ2) is 14.9. The van der Waals surface area contributed by atoms with Gasteiger partial charge in [-0.15, -0.1) is 43.0 Å². The lowest BCUT2D eigenvalue weighted by Gasteiger charge is -2.06. The highest BCUT2D eigenvalue weighted by Gasteiger charge is 2.08. The van der Waals surface area contributed by atoms with Crippen LogP contribution >= 0.6 is 0 Å². The summed E-state index contributed by atoms with van der Waals surface area (Å²) in [6, 6.07) is 16.7. The first kappa shape index (κ1) is 29.0. The molecule has 3 aromatic carbocycles. The second-order valence-electron chi connectivity index (χ2n) is 5.53. The molecule has 0 amide bonds. The van der Waals surface area contributed by atoms with Crippen molar-refractivity contribution in [3.63, 3.8) is 0 Å². The predicted octanol–water partition coefficient (Wildman–Crippen LogP) is 1.84. The molecule has 0 saturated carbocycles. The summed E-state index contributed by atoms with van der Waals surface area (Å²) in [4.78, 5) is 0. The Morgan fingerprint density at radius 3 is 1.67 bits per heavy atom. The number of hydrogen-bond donors (Lipinski definition) is 2. The average Bonchev–Trinajstić information content (AvgIpc) is 2.68. The van der Waals surface area contributed by atoms with Gasteiger partial charge in [0.25, 0.3) is 0 Å². The van der Waals surface area contributed by atoms with Crippen molar-refractivity contribution in [2.24, 2.45) is 10.2 Å². The Kier molecular flexibility index (Phi) is 13.1. The van der Waals surface area contributed by atoms with E-state index in [9.17, 15) is 5.11 Å². The zero-order valence-corrected chi connectivity index (χ0v) is 19.0. The highest BCUT2D eigenvalue weighted by Crippen LogP contribution is 2.38. The Hall–Kier alpha value is -4.02. The molecule has 0 aliphatic carbocycles. The summed E-state index contributed by atoms with van der Waals surface area (Å²) >= 11 is 0. The van der Waals surface area contributed by atoms with Crippen molar-refractivity contribution in [1.29, 1.82) is 0 Å². The van der Waals surface area contributed by atoms with E-state index in [1.165, 1.54) is 0 Å². The van der Waals surface area contributed by atoms with E-state index in [1.807, 2.05) is 43.3 Å². The van der Waals surface area contributed by atoms with E-state index in [4.69, 9.17) is 43.6 Å². The number of aryl methyl sites for hydroxylation is 1. The van der Waals surface area contributed by atoms with E-state index in [0.717, 1.165) is 16.6 Å². The molecule has 0 unspecified atom stereocenters. The van der Waals surface area contributed by atoms with Crippen LogP contribution in [-0.4, -0.2) is 43.0 Å². The third-order valence-corrected chi connectivity index (χ3v) is 3.33. The molecule has 0 heterocycles. The van der Waals surface area contributed by atoms with Crippen LogP contribution in [0.15, 0.2) is 64.8 Å². The summed E-state index contributed by atoms with van der Waals surface area (Å²) in [5.41, 5.74) is 8.86. The fraction of sp³-hybridized carbons (Fsp3) is 0.0588. The van der Waals surface area contributed by atoms with Gasteiger partial charge in [-0.1, -0.05) is 35.9 Å². The smallest absolute Gasteiger partial charge is 0.425 e. The molecular weight excluding hydrogens is 502 g/mol. The van der Waals surface area contributed by atoms with Crippen molar-refractivity contribution in [3.05, 3.63) is 60.2 Å². The molecule has 0 aliphatic heterocycles. The van der Waals surface area contributed by atoms with Gasteiger partial charge in [0.2, 0.25) is 0 Å². The molecule has 3 N–H and O–H groups in total. The summed E-state index contributed by atoms with van der Waals surface area (Å²) in [6.07, 6.45) is 0. The maximum Gasteiger partial charge on any atom is 0.425 e. The van der Waals surface area contributed by atoms with Crippen molar-refractivity contribution < 1.29 is 43.0 Å². The quantitative estimate of drug-likeness (QED) is 0.368. The lowest BCUT2D eigenvalue weighted by atomic mass is 10.1. The predicted molar refractivity (Wildman–Crippen MR) is 114 cm³/mol. The van der Waals surface area contributed by atoms with Gasteiger partial charge in [-0.05, 0) is 36.6 Å². The maximum absolute atomic E-state index is 10.1. The van der Waals surface area contributed by atoms with E-state index >= 15 is 0 Å². The SMILES string of the molecule is Cc1ccc(N=Nc2c(N)ccc3cccc(O)c23)cc1.O=S(=O)=O.O=S(=O)=O.O=S(=O)=O. The second-order valence-corrected chi connectivity index (χ2v) is 6.75. The lowest BCUT2D eigenvalue weighted by molar-refractivity contribution is 0.481. The van der Waals surface area contributed by atoms with Crippen LogP contribution in [0, 0.1) is 6.92 Å². The number of azo groups is 1. The van der Waals surface area contributed by atoms with Crippen molar-refractivity contribution in [2.75, 3.05) is 5.73 Å². The molecule has 33 heavy (non-hydrogen) atoms. The van der Waals surface area contributed by atoms with Gasteiger partial charge in [0.05, 0.1) is 16.8 Å². The number of anilines is 1. The Balaban J connectivity index is 0.000000713. The number of benzene rings is 3. The number of phenolic OH excluding ortho intramolecular Hbond substituents is 1. The number of aromatic hydroxyl groups is 1. The molecule has 13 nitrogen and oxygen atoms in total. The Bertz CT molecular complexity index is 1360. The first-order chi connectivity index (χ1) is 15.3. The van der Waals surface area contributed by atoms with Crippen molar-refractivity contribution >= 4 is 59.7 Å². The summed E-state index contributed by atoms with van der Waals surface area (Å²) in [5.74, 6) is 0.151. The fourth-order valence-electron chi connectivity index (χ4n) is 2.18. The summed E-state index contributed by atoms with van der Waals surface area (Å²) in [6.45, 7) is 2.02. The number of phenols is 1. The summed E-state index contributed by atoms with van der Waals surface area (Å²) < 4.78 is 76.0. The normalized spacial score (nSPS) is 9.36. The third kappa shape index (κ3) is 13.1. The topological polar surface area (TPSA) is 225 Å². The molecule has 16 heteroatoms. The van der Waals surface area contributed by atoms with Crippen LogP contribution in [0.2, 0.25) is 0 Å². The number of hydrogen-bond acceptors (Lipinski definition) is 13. The van der Waals surface area contributed by atoms with Crippen LogP contribution in [-0.2, 0) is 31.8 Å². The minimum Gasteiger partial charge on any atom is -0.507 e. The van der Waals surface area contributed by atoms with Gasteiger partial charge < -0.3 is 10.8 Å². The van der Waals surface area contributed by atoms with Crippen molar-refractivity contribution in [1.82, 2.24) is 0 Å². The van der Waals surface area contributed by atoms with Crippen LogP contribution < -0.4 is 5.73 Å². The zero-order valence-electron chi connectivity index (χ0n) is 16.5. The van der Waals surface area contributed by atoms with Crippen molar-refractivity contribution in [2.45, 2.75) is 6.92 Å². The first-order valence-corrected chi connectivity index (χ1v) is 11.1. The van der Waals surface area contributed by atoms with Crippen molar-refractivity contribution in [3.8, 4) is 5.75 Å². The number of fused-ring (bicyclic) bond motifs is 1. The maximum atomic E-state index is 10.1. The van der Waals surface area contributed by atoms with E-state index in [2.05, 4.69) is 10.2 Å². The molecular formula is C17H15N3O10S3. The van der Waals surface area contributed by atoms with Crippen LogP contribution in [0.5, 0.6) is 5.75 Å². The number of nitrogens with zero attached hydrogens (tertiary/aromatic N) is 2. The van der Waals surface area contributed by atoms with Crippen LogP contribution in [0.3, 0.4) is 0 Å². The number of nitrogen functional groups attached to an aromatic ring is 1. The first-order valence-electron chi connectivity index (χ1n) is 8.14. The Morgan fingerprint density at radius 1 is 0.697 bits per heavy atom. The molecule has 0 fully saturated rings. The minimum absolute atomic E-state index is 0.151. The number of rotatable bonds is 2. The monoisotopic (exact) mass is 517 g/mol. The molecule has 0 atom stereocenters. The zero-order chi connectivity index (χ0) is 25.6. The summed E-state index contributed by atoms with van der Waals surface area (Å²) in [7, 11) is -9.33. The van der Waals surface area contributed by atoms with Gasteiger partial charge in [0.15, 0.2) is 0 Å². The van der Waals surface area contributed by atoms with Gasteiger partial charge >= 0.3 is 31.8 Å². The van der Waals surface area contributed by atoms with E-state index in [-0.39, 0.29) is 5.75 Å². The molecule has 0 bridgehead atoms. The molecule has 0 radical (unpaired) electrons. The standard InChI is InChI=1S/C17H15N3O.3O3S/c1-11-5-8-13(9-6-11)19-20-17-14(18)10-7-12-3-2-4-15(21)16(12)17;3*1-4(2)3/h2-10,21H,18H2,1H3;;;. The largest absolute Gasteiger partial charge is 0.507 e. The molecule has 3 rings (SSSR count). The fourth-order valence-corrected chi connectivity index (χ4v) is 2.18. The molecule has 176 valence electrons. The third-order valence-electron chi connectivity index (χ3n) is 3.33. The van der Waals surface area contributed by atoms with Crippen LogP contribution in [0.1, 0.15) is 5.56 Å². The van der Waals surface area contributed by atoms with Gasteiger partial charge in [0, 0.05) is 0 Å². The molecule has 3 aromatic rings. The minimum atomic E-state index is -3.11. The molecule has 0 aromatic heterocycles. The Morgan fingerprint density at radius 2 is 1.18 bits per heavy atom. The van der Waals surface area contributed by atoms with Gasteiger partial charge in [-0.2, -0.15) is 5.11 Å². The lowest BCUT2D eigenvalue weighted by Crippen LogP contribution is -1.86. The molecule has 0 saturated heterocycles. The molecule has 0 spiro atoms. The van der Waals surface area contributed by atoms with E-state index in [1.54, 1.807) is 18.2 Å². The Labute approximate surface area is 191 Å². The highest BCUT2D eigenvalue weighted by molar-refractivity contribution is 7.59.